The summed E-state index contributed by atoms with van der Waals surface area (Å²) in [6.45, 7) is 6.44. The molecule has 7 rings (SSSR count). The van der Waals surface area contributed by atoms with Gasteiger partial charge < -0.3 is 30.6 Å². The first-order valence-electron chi connectivity index (χ1n) is 19.5. The number of primary amides is 1. The highest BCUT2D eigenvalue weighted by Crippen LogP contribution is 2.42. The molecule has 58 heavy (non-hydrogen) atoms. The molecule has 4 aromatic carbocycles. The quantitative estimate of drug-likeness (QED) is 0.0601. The molecule has 0 unspecified atom stereocenters. The molecule has 13 nitrogen and oxygen atoms in total. The van der Waals surface area contributed by atoms with Crippen molar-refractivity contribution < 1.29 is 43.1 Å². The SMILES string of the molecule is CC(C)c1cccc2cc(CO[C@H](C)[C@H](CCC(N)=O)NC(=O)[C@@H]3Cc4cccc5c4N3C(=O)[C@@H](CC(=O)c3cc4cc(C(=O)P(=O)(O)O)ccc4[nH]3)CC5)ccc12. The lowest BCUT2D eigenvalue weighted by molar-refractivity contribution is -0.129. The molecule has 6 N–H and O–H groups in total. The van der Waals surface area contributed by atoms with Crippen LogP contribution in [0.2, 0.25) is 0 Å². The van der Waals surface area contributed by atoms with E-state index in [0.29, 0.717) is 35.3 Å². The van der Waals surface area contributed by atoms with Gasteiger partial charge in [0.05, 0.1) is 30.1 Å². The number of benzene rings is 4. The highest BCUT2D eigenvalue weighted by molar-refractivity contribution is 7.70. The van der Waals surface area contributed by atoms with E-state index in [0.717, 1.165) is 22.1 Å². The molecule has 0 radical (unpaired) electrons. The van der Waals surface area contributed by atoms with Gasteiger partial charge in [0.25, 0.3) is 5.52 Å². The fourth-order valence-corrected chi connectivity index (χ4v) is 8.78. The van der Waals surface area contributed by atoms with Crippen molar-refractivity contribution in [3.05, 3.63) is 112 Å². The Kier molecular flexibility index (Phi) is 11.5. The number of para-hydroxylation sites is 1. The molecule has 3 heterocycles. The number of anilines is 1. The number of aryl methyl sites for hydroxylation is 1. The van der Waals surface area contributed by atoms with Gasteiger partial charge in [0.15, 0.2) is 5.78 Å². The summed E-state index contributed by atoms with van der Waals surface area (Å²) >= 11 is 0. The molecular weight excluding hydrogens is 759 g/mol. The van der Waals surface area contributed by atoms with Crippen molar-refractivity contribution in [3.63, 3.8) is 0 Å². The second-order valence-corrected chi connectivity index (χ2v) is 17.2. The number of ether oxygens (including phenoxy) is 1. The van der Waals surface area contributed by atoms with Gasteiger partial charge in [-0.3, -0.25) is 33.4 Å². The summed E-state index contributed by atoms with van der Waals surface area (Å²) in [7, 11) is -5.00. The smallest absolute Gasteiger partial charge is 0.372 e. The Hall–Kier alpha value is -5.46. The summed E-state index contributed by atoms with van der Waals surface area (Å²) in [5.74, 6) is -2.02. The molecule has 14 heteroatoms. The van der Waals surface area contributed by atoms with Crippen LogP contribution in [0.5, 0.6) is 0 Å². The number of nitrogens with one attached hydrogen (secondary N) is 2. The van der Waals surface area contributed by atoms with E-state index < -0.39 is 49.0 Å². The van der Waals surface area contributed by atoms with E-state index in [1.807, 2.05) is 37.3 Å². The summed E-state index contributed by atoms with van der Waals surface area (Å²) in [5.41, 5.74) is 9.36. The lowest BCUT2D eigenvalue weighted by Gasteiger charge is -2.31. The predicted molar refractivity (Wildman–Crippen MR) is 219 cm³/mol. The van der Waals surface area contributed by atoms with Crippen LogP contribution >= 0.6 is 7.60 Å². The minimum atomic E-state index is -5.00. The molecule has 3 amide bonds. The van der Waals surface area contributed by atoms with E-state index >= 15 is 0 Å². The van der Waals surface area contributed by atoms with Crippen LogP contribution in [0.25, 0.3) is 21.7 Å². The molecule has 0 aliphatic carbocycles. The third kappa shape index (κ3) is 8.40. The van der Waals surface area contributed by atoms with E-state index in [9.17, 15) is 38.3 Å². The number of hydrogen-bond donors (Lipinski definition) is 5. The summed E-state index contributed by atoms with van der Waals surface area (Å²) in [4.78, 5) is 89.8. The predicted octanol–water partition coefficient (Wildman–Crippen LogP) is 6.21. The van der Waals surface area contributed by atoms with Gasteiger partial charge in [-0.15, -0.1) is 0 Å². The van der Waals surface area contributed by atoms with Crippen LogP contribution in [0.1, 0.15) is 95.5 Å². The maximum absolute atomic E-state index is 14.5. The Labute approximate surface area is 335 Å². The number of nitrogens with zero attached hydrogens (tertiary/aromatic N) is 1. The highest BCUT2D eigenvalue weighted by atomic mass is 31.2. The zero-order valence-electron chi connectivity index (χ0n) is 32.6. The van der Waals surface area contributed by atoms with Gasteiger partial charge in [-0.05, 0) is 95.5 Å². The second-order valence-electron chi connectivity index (χ2n) is 15.7. The van der Waals surface area contributed by atoms with Gasteiger partial charge in [0, 0.05) is 41.6 Å². The standard InChI is InChI=1S/C44H47N4O9P/c1-24(2)33-9-5-7-28-18-26(10-14-34(28)33)23-57-25(3)35(16-17-40(45)50)47-42(51)38-21-29-8-4-6-27-11-12-30(43(52)48(38)41(27)29)22-39(49)37-20-32-19-31(13-15-36(32)46-37)44(53)58(54,55)56/h4-10,13-15,18-20,24-25,30,35,38,46H,11-12,16-17,21-23H2,1-3H3,(H2,45,50)(H,47,51)(H2,54,55,56)/t25-,30-,35+,38+/m1/s1. The number of ketones is 1. The van der Waals surface area contributed by atoms with Gasteiger partial charge in [0.1, 0.15) is 6.04 Å². The maximum atomic E-state index is 14.5. The normalized spacial score (nSPS) is 17.6. The molecule has 0 saturated heterocycles. The third-order valence-electron chi connectivity index (χ3n) is 11.4. The monoisotopic (exact) mass is 806 g/mol. The fourth-order valence-electron chi connectivity index (χ4n) is 8.30. The number of nitrogens with two attached hydrogens (primary N) is 1. The largest absolute Gasteiger partial charge is 0.396 e. The molecule has 0 spiro atoms. The average Bonchev–Trinajstić information content (AvgIpc) is 3.77. The second kappa shape index (κ2) is 16.4. The summed E-state index contributed by atoms with van der Waals surface area (Å²) in [6.07, 6.45) is 0.717. The number of Topliss-reactive ketones (excluding diaryl/α,β-unsaturated/α-hetero) is 1. The van der Waals surface area contributed by atoms with E-state index in [2.05, 4.69) is 48.4 Å². The van der Waals surface area contributed by atoms with Crippen LogP contribution in [-0.4, -0.2) is 62.0 Å². The van der Waals surface area contributed by atoms with E-state index in [1.165, 1.54) is 40.1 Å². The molecule has 2 aliphatic heterocycles. The molecule has 4 atom stereocenters. The number of fused-ring (bicyclic) bond motifs is 2. The summed E-state index contributed by atoms with van der Waals surface area (Å²) in [6, 6.07) is 22.2. The molecule has 5 aromatic rings. The first-order chi connectivity index (χ1) is 27.6. The third-order valence-corrected chi connectivity index (χ3v) is 12.2. The Bertz CT molecular complexity index is 2510. The lowest BCUT2D eigenvalue weighted by atomic mass is 9.93. The minimum Gasteiger partial charge on any atom is -0.372 e. The van der Waals surface area contributed by atoms with Crippen LogP contribution in [0, 0.1) is 5.92 Å². The van der Waals surface area contributed by atoms with Crippen molar-refractivity contribution in [2.75, 3.05) is 4.90 Å². The number of H-pyrrole nitrogens is 1. The zero-order chi connectivity index (χ0) is 41.5. The van der Waals surface area contributed by atoms with Crippen molar-refractivity contribution in [2.24, 2.45) is 11.7 Å². The van der Waals surface area contributed by atoms with Crippen molar-refractivity contribution >= 4 is 64.0 Å². The Balaban J connectivity index is 1.08. The number of aromatic amines is 1. The zero-order valence-corrected chi connectivity index (χ0v) is 33.5. The highest BCUT2D eigenvalue weighted by Gasteiger charge is 2.44. The van der Waals surface area contributed by atoms with Crippen molar-refractivity contribution in [1.29, 1.82) is 0 Å². The molecular formula is C44H47N4O9P. The number of hydrogen-bond acceptors (Lipinski definition) is 7. The van der Waals surface area contributed by atoms with Gasteiger partial charge in [-0.1, -0.05) is 62.4 Å². The summed E-state index contributed by atoms with van der Waals surface area (Å²) in [5, 5.41) is 5.79. The molecule has 0 saturated carbocycles. The number of carbonyl (C=O) groups is 5. The van der Waals surface area contributed by atoms with Gasteiger partial charge in [-0.25, -0.2) is 0 Å². The Morgan fingerprint density at radius 1 is 0.966 bits per heavy atom. The number of amides is 3. The molecule has 1 aromatic heterocycles. The van der Waals surface area contributed by atoms with Crippen molar-refractivity contribution in [3.8, 4) is 0 Å². The van der Waals surface area contributed by atoms with Gasteiger partial charge in [0.2, 0.25) is 17.7 Å². The van der Waals surface area contributed by atoms with Crippen molar-refractivity contribution in [1.82, 2.24) is 10.3 Å². The maximum Gasteiger partial charge on any atom is 0.396 e. The van der Waals surface area contributed by atoms with Gasteiger partial charge >= 0.3 is 7.60 Å². The first-order valence-corrected chi connectivity index (χ1v) is 21.1. The topological polar surface area (TPSA) is 209 Å². The van der Waals surface area contributed by atoms with Crippen molar-refractivity contribution in [2.45, 2.75) is 90.0 Å². The Morgan fingerprint density at radius 2 is 1.72 bits per heavy atom. The average molecular weight is 807 g/mol. The van der Waals surface area contributed by atoms with E-state index in [-0.39, 0.29) is 55.2 Å². The van der Waals surface area contributed by atoms with Crippen LogP contribution in [0.15, 0.2) is 78.9 Å². The minimum absolute atomic E-state index is 0.0174. The number of carbonyl (C=O) groups excluding carboxylic acids is 5. The van der Waals surface area contributed by atoms with E-state index in [4.69, 9.17) is 10.5 Å². The van der Waals surface area contributed by atoms with Crippen LogP contribution < -0.4 is 16.0 Å². The molecule has 302 valence electrons. The van der Waals surface area contributed by atoms with Crippen LogP contribution in [0.4, 0.5) is 5.69 Å². The summed E-state index contributed by atoms with van der Waals surface area (Å²) < 4.78 is 17.8. The van der Waals surface area contributed by atoms with Gasteiger partial charge in [-0.2, -0.15) is 0 Å². The number of rotatable bonds is 15. The first kappa shape index (κ1) is 40.7. The van der Waals surface area contributed by atoms with E-state index in [1.54, 1.807) is 0 Å². The van der Waals surface area contributed by atoms with Crippen LogP contribution in [-0.2, 0) is 43.1 Å². The lowest BCUT2D eigenvalue weighted by Crippen LogP contribution is -2.54. The number of aromatic nitrogens is 1. The Morgan fingerprint density at radius 3 is 2.47 bits per heavy atom. The fraction of sp³-hybridized carbons (Fsp3) is 0.341. The van der Waals surface area contributed by atoms with Crippen LogP contribution in [0.3, 0.4) is 0 Å². The molecule has 2 aliphatic rings. The molecule has 0 bridgehead atoms. The molecule has 0 fully saturated rings.